The van der Waals surface area contributed by atoms with E-state index in [0.29, 0.717) is 11.8 Å². The largest absolute Gasteiger partial charge is 0.573 e. The van der Waals surface area contributed by atoms with Crippen molar-refractivity contribution in [1.82, 2.24) is 0 Å². The fourth-order valence-electron chi connectivity index (χ4n) is 1.77. The van der Waals surface area contributed by atoms with Gasteiger partial charge >= 0.3 is 6.36 Å². The monoisotopic (exact) mass is 294 g/mol. The van der Waals surface area contributed by atoms with Gasteiger partial charge in [0.25, 0.3) is 0 Å². The maximum absolute atomic E-state index is 12.0. The van der Waals surface area contributed by atoms with Gasteiger partial charge in [-0.05, 0) is 36.0 Å². The molecule has 0 heterocycles. The standard InChI is InChI=1S/C11H10BrF3O/c12-6-8-5-10(8)7-2-1-3-9(4-7)16-11(13,14)15/h1-4,8,10H,5-6H2. The first kappa shape index (κ1) is 11.8. The first-order valence-corrected chi connectivity index (χ1v) is 6.03. The van der Waals surface area contributed by atoms with Crippen LogP contribution in [0.1, 0.15) is 17.9 Å². The smallest absolute Gasteiger partial charge is 0.406 e. The third-order valence-corrected chi connectivity index (χ3v) is 3.47. The van der Waals surface area contributed by atoms with E-state index in [1.54, 1.807) is 6.07 Å². The summed E-state index contributed by atoms with van der Waals surface area (Å²) in [7, 11) is 0. The van der Waals surface area contributed by atoms with Crippen LogP contribution in [0.3, 0.4) is 0 Å². The van der Waals surface area contributed by atoms with Gasteiger partial charge in [-0.15, -0.1) is 13.2 Å². The van der Waals surface area contributed by atoms with Crippen LogP contribution in [0, 0.1) is 5.92 Å². The third kappa shape index (κ3) is 2.90. The highest BCUT2D eigenvalue weighted by Gasteiger charge is 2.37. The topological polar surface area (TPSA) is 9.23 Å². The van der Waals surface area contributed by atoms with Gasteiger partial charge in [-0.1, -0.05) is 28.1 Å². The second-order valence-corrected chi connectivity index (χ2v) is 4.52. The molecule has 1 nitrogen and oxygen atoms in total. The molecule has 0 aromatic heterocycles. The molecule has 2 atom stereocenters. The Morgan fingerprint density at radius 1 is 1.38 bits per heavy atom. The first-order valence-electron chi connectivity index (χ1n) is 4.91. The molecule has 0 saturated heterocycles. The summed E-state index contributed by atoms with van der Waals surface area (Å²) in [4.78, 5) is 0. The summed E-state index contributed by atoms with van der Waals surface area (Å²) < 4.78 is 39.9. The zero-order valence-electron chi connectivity index (χ0n) is 8.30. The van der Waals surface area contributed by atoms with E-state index < -0.39 is 6.36 Å². The molecule has 1 fully saturated rings. The van der Waals surface area contributed by atoms with E-state index in [9.17, 15) is 13.2 Å². The number of hydrogen-bond donors (Lipinski definition) is 0. The van der Waals surface area contributed by atoms with Crippen molar-refractivity contribution < 1.29 is 17.9 Å². The quantitative estimate of drug-likeness (QED) is 0.763. The Bertz CT molecular complexity index is 378. The Morgan fingerprint density at radius 2 is 2.12 bits per heavy atom. The predicted octanol–water partition coefficient (Wildman–Crippen LogP) is 4.08. The number of hydrogen-bond acceptors (Lipinski definition) is 1. The predicted molar refractivity (Wildman–Crippen MR) is 57.8 cm³/mol. The first-order chi connectivity index (χ1) is 7.49. The maximum atomic E-state index is 12.0. The van der Waals surface area contributed by atoms with Crippen molar-refractivity contribution >= 4 is 15.9 Å². The van der Waals surface area contributed by atoms with Crippen molar-refractivity contribution in [2.45, 2.75) is 18.7 Å². The highest BCUT2D eigenvalue weighted by Crippen LogP contribution is 2.48. The van der Waals surface area contributed by atoms with Crippen LogP contribution in [-0.2, 0) is 0 Å². The molecule has 0 amide bonds. The average molecular weight is 295 g/mol. The summed E-state index contributed by atoms with van der Waals surface area (Å²) in [6.07, 6.45) is -3.59. The molecule has 1 aromatic carbocycles. The van der Waals surface area contributed by atoms with E-state index in [0.717, 1.165) is 17.3 Å². The molecule has 1 aliphatic carbocycles. The van der Waals surface area contributed by atoms with Crippen LogP contribution in [0.15, 0.2) is 24.3 Å². The summed E-state index contributed by atoms with van der Waals surface area (Å²) in [5.41, 5.74) is 0.922. The number of benzene rings is 1. The van der Waals surface area contributed by atoms with Crippen LogP contribution in [0.2, 0.25) is 0 Å². The molecule has 2 rings (SSSR count). The SMILES string of the molecule is FC(F)(F)Oc1cccc(C2CC2CBr)c1. The molecule has 88 valence electrons. The Balaban J connectivity index is 2.09. The van der Waals surface area contributed by atoms with Gasteiger partial charge in [0.2, 0.25) is 0 Å². The molecule has 1 aliphatic rings. The van der Waals surface area contributed by atoms with Crippen molar-refractivity contribution in [3.8, 4) is 5.75 Å². The van der Waals surface area contributed by atoms with Gasteiger partial charge in [0.15, 0.2) is 0 Å². The third-order valence-electron chi connectivity index (χ3n) is 2.64. The van der Waals surface area contributed by atoms with Gasteiger partial charge in [-0.3, -0.25) is 0 Å². The van der Waals surface area contributed by atoms with Crippen LogP contribution < -0.4 is 4.74 Å². The molecule has 1 saturated carbocycles. The summed E-state index contributed by atoms with van der Waals surface area (Å²) >= 11 is 3.37. The van der Waals surface area contributed by atoms with E-state index in [1.165, 1.54) is 12.1 Å². The van der Waals surface area contributed by atoms with E-state index in [4.69, 9.17) is 0 Å². The summed E-state index contributed by atoms with van der Waals surface area (Å²) in [5.74, 6) is 0.780. The van der Waals surface area contributed by atoms with Gasteiger partial charge in [-0.25, -0.2) is 0 Å². The Labute approximate surface area is 99.7 Å². The summed E-state index contributed by atoms with van der Waals surface area (Å²) in [6.45, 7) is 0. The van der Waals surface area contributed by atoms with Gasteiger partial charge in [0.1, 0.15) is 5.75 Å². The van der Waals surface area contributed by atoms with Crippen LogP contribution >= 0.6 is 15.9 Å². The normalized spacial score (nSPS) is 24.2. The minimum Gasteiger partial charge on any atom is -0.406 e. The fraction of sp³-hybridized carbons (Fsp3) is 0.455. The molecule has 0 radical (unpaired) electrons. The van der Waals surface area contributed by atoms with Crippen LogP contribution in [0.4, 0.5) is 13.2 Å². The van der Waals surface area contributed by atoms with Crippen molar-refractivity contribution in [1.29, 1.82) is 0 Å². The van der Waals surface area contributed by atoms with E-state index >= 15 is 0 Å². The lowest BCUT2D eigenvalue weighted by molar-refractivity contribution is -0.274. The second-order valence-electron chi connectivity index (χ2n) is 3.88. The van der Waals surface area contributed by atoms with Crippen LogP contribution in [0.5, 0.6) is 5.75 Å². The Kier molecular flexibility index (Phi) is 3.15. The minimum absolute atomic E-state index is 0.134. The highest BCUT2D eigenvalue weighted by atomic mass is 79.9. The molecule has 0 spiro atoms. The lowest BCUT2D eigenvalue weighted by atomic mass is 10.1. The van der Waals surface area contributed by atoms with Gasteiger partial charge in [0.05, 0.1) is 0 Å². The van der Waals surface area contributed by atoms with Gasteiger partial charge in [0, 0.05) is 5.33 Å². The molecular formula is C11H10BrF3O. The fourth-order valence-corrected chi connectivity index (χ4v) is 2.48. The van der Waals surface area contributed by atoms with Crippen LogP contribution in [0.25, 0.3) is 0 Å². The number of ether oxygens (including phenoxy) is 1. The molecule has 0 N–H and O–H groups in total. The minimum atomic E-state index is -4.61. The van der Waals surface area contributed by atoms with E-state index in [-0.39, 0.29) is 5.75 Å². The molecular weight excluding hydrogens is 285 g/mol. The lowest BCUT2D eigenvalue weighted by Gasteiger charge is -2.09. The molecule has 0 aliphatic heterocycles. The van der Waals surface area contributed by atoms with Crippen molar-refractivity contribution in [3.63, 3.8) is 0 Å². The maximum Gasteiger partial charge on any atom is 0.573 e. The molecule has 16 heavy (non-hydrogen) atoms. The van der Waals surface area contributed by atoms with Gasteiger partial charge in [-0.2, -0.15) is 0 Å². The molecule has 5 heteroatoms. The molecule has 0 bridgehead atoms. The summed E-state index contributed by atoms with van der Waals surface area (Å²) in [6, 6.07) is 6.24. The number of rotatable bonds is 3. The molecule has 2 unspecified atom stereocenters. The molecule has 1 aromatic rings. The average Bonchev–Trinajstić information content (AvgIpc) is 2.94. The number of halogens is 4. The summed E-state index contributed by atoms with van der Waals surface area (Å²) in [5, 5.41) is 0.891. The highest BCUT2D eigenvalue weighted by molar-refractivity contribution is 9.09. The zero-order valence-corrected chi connectivity index (χ0v) is 9.88. The lowest BCUT2D eigenvalue weighted by Crippen LogP contribution is -2.17. The number of alkyl halides is 4. The van der Waals surface area contributed by atoms with Crippen molar-refractivity contribution in [2.24, 2.45) is 5.92 Å². The zero-order chi connectivity index (χ0) is 11.8. The Morgan fingerprint density at radius 3 is 2.69 bits per heavy atom. The second kappa shape index (κ2) is 4.28. The van der Waals surface area contributed by atoms with Crippen molar-refractivity contribution in [3.05, 3.63) is 29.8 Å². The van der Waals surface area contributed by atoms with E-state index in [2.05, 4.69) is 20.7 Å². The van der Waals surface area contributed by atoms with Gasteiger partial charge < -0.3 is 4.74 Å². The van der Waals surface area contributed by atoms with E-state index in [1.807, 2.05) is 6.07 Å². The Hall–Kier alpha value is -0.710. The van der Waals surface area contributed by atoms with Crippen LogP contribution in [-0.4, -0.2) is 11.7 Å². The van der Waals surface area contributed by atoms with Crippen molar-refractivity contribution in [2.75, 3.05) is 5.33 Å².